The number of halogens is 1. The lowest BCUT2D eigenvalue weighted by Gasteiger charge is -2.18. The number of hydrogen-bond donors (Lipinski definition) is 1. The Kier molecular flexibility index (Phi) is 5.79. The lowest BCUT2D eigenvalue weighted by Crippen LogP contribution is -2.29. The third-order valence-corrected chi connectivity index (χ3v) is 5.08. The first-order chi connectivity index (χ1) is 15.0. The standard InChI is InChI=1S/C23H21FN6O/c1-15-13-20(7-8-21(15)18-9-11-25-12-10-18)26-23(31)22(30-16(2)27-28-29-30)14-17-3-5-19(24)6-4-17/h3-13,22H,14H2,1-2H3,(H,26,31). The van der Waals surface area contributed by atoms with E-state index in [0.717, 1.165) is 22.3 Å². The van der Waals surface area contributed by atoms with Gasteiger partial charge in [0.1, 0.15) is 17.7 Å². The first-order valence-electron chi connectivity index (χ1n) is 9.82. The zero-order chi connectivity index (χ0) is 21.8. The number of anilines is 1. The summed E-state index contributed by atoms with van der Waals surface area (Å²) in [7, 11) is 0. The van der Waals surface area contributed by atoms with Gasteiger partial charge in [-0.1, -0.05) is 18.2 Å². The number of carbonyl (C=O) groups is 1. The van der Waals surface area contributed by atoms with Gasteiger partial charge in [0.15, 0.2) is 0 Å². The number of amides is 1. The van der Waals surface area contributed by atoms with Crippen LogP contribution in [0.2, 0.25) is 0 Å². The number of aromatic nitrogens is 5. The third kappa shape index (κ3) is 4.63. The predicted molar refractivity (Wildman–Crippen MR) is 115 cm³/mol. The van der Waals surface area contributed by atoms with Gasteiger partial charge in [0.2, 0.25) is 5.91 Å². The van der Waals surface area contributed by atoms with Crippen molar-refractivity contribution in [3.05, 3.63) is 89.8 Å². The number of nitrogens with one attached hydrogen (secondary N) is 1. The van der Waals surface area contributed by atoms with Crippen LogP contribution in [0.25, 0.3) is 11.1 Å². The zero-order valence-corrected chi connectivity index (χ0v) is 17.2. The Hall–Kier alpha value is -3.94. The molecule has 4 rings (SSSR count). The number of hydrogen-bond acceptors (Lipinski definition) is 5. The second-order valence-corrected chi connectivity index (χ2v) is 7.27. The van der Waals surface area contributed by atoms with Gasteiger partial charge in [-0.3, -0.25) is 9.78 Å². The van der Waals surface area contributed by atoms with Crippen molar-refractivity contribution >= 4 is 11.6 Å². The van der Waals surface area contributed by atoms with Crippen molar-refractivity contribution in [2.24, 2.45) is 0 Å². The Morgan fingerprint density at radius 2 is 1.81 bits per heavy atom. The first kappa shape index (κ1) is 20.3. The molecule has 8 heteroatoms. The number of pyridine rings is 1. The molecule has 2 aromatic carbocycles. The number of rotatable bonds is 6. The number of benzene rings is 2. The van der Waals surface area contributed by atoms with E-state index in [2.05, 4.69) is 25.8 Å². The summed E-state index contributed by atoms with van der Waals surface area (Å²) >= 11 is 0. The van der Waals surface area contributed by atoms with Crippen LogP contribution in [0.5, 0.6) is 0 Å². The topological polar surface area (TPSA) is 85.6 Å². The van der Waals surface area contributed by atoms with Crippen LogP contribution >= 0.6 is 0 Å². The molecule has 4 aromatic rings. The minimum atomic E-state index is -0.680. The number of aryl methyl sites for hydroxylation is 2. The second-order valence-electron chi connectivity index (χ2n) is 7.27. The maximum absolute atomic E-state index is 13.3. The lowest BCUT2D eigenvalue weighted by atomic mass is 10.0. The van der Waals surface area contributed by atoms with Gasteiger partial charge in [0.25, 0.3) is 0 Å². The van der Waals surface area contributed by atoms with Gasteiger partial charge < -0.3 is 5.32 Å². The molecule has 0 aliphatic heterocycles. The highest BCUT2D eigenvalue weighted by Crippen LogP contribution is 2.26. The molecular weight excluding hydrogens is 395 g/mol. The molecule has 2 heterocycles. The van der Waals surface area contributed by atoms with Crippen molar-refractivity contribution in [2.75, 3.05) is 5.32 Å². The molecule has 0 bridgehead atoms. The second kappa shape index (κ2) is 8.83. The highest BCUT2D eigenvalue weighted by molar-refractivity contribution is 5.94. The smallest absolute Gasteiger partial charge is 0.249 e. The fourth-order valence-corrected chi connectivity index (χ4v) is 3.48. The summed E-state index contributed by atoms with van der Waals surface area (Å²) in [5.41, 5.74) is 4.64. The summed E-state index contributed by atoms with van der Waals surface area (Å²) in [6, 6.07) is 15.0. The highest BCUT2D eigenvalue weighted by atomic mass is 19.1. The van der Waals surface area contributed by atoms with Gasteiger partial charge >= 0.3 is 0 Å². The fourth-order valence-electron chi connectivity index (χ4n) is 3.48. The Labute approximate surface area is 179 Å². The SMILES string of the molecule is Cc1cc(NC(=O)C(Cc2ccc(F)cc2)n2nnnc2C)ccc1-c1ccncc1. The minimum Gasteiger partial charge on any atom is -0.324 e. The zero-order valence-electron chi connectivity index (χ0n) is 17.2. The van der Waals surface area contributed by atoms with Crippen molar-refractivity contribution in [1.82, 2.24) is 25.2 Å². The summed E-state index contributed by atoms with van der Waals surface area (Å²) in [4.78, 5) is 17.2. The predicted octanol–water partition coefficient (Wildman–Crippen LogP) is 3.91. The van der Waals surface area contributed by atoms with Crippen LogP contribution in [0, 0.1) is 19.7 Å². The molecule has 1 amide bonds. The van der Waals surface area contributed by atoms with Gasteiger partial charge in [-0.25, -0.2) is 9.07 Å². The molecular formula is C23H21FN6O. The minimum absolute atomic E-state index is 0.254. The fraction of sp³-hybridized carbons (Fsp3) is 0.174. The molecule has 2 aromatic heterocycles. The molecule has 7 nitrogen and oxygen atoms in total. The maximum atomic E-state index is 13.3. The summed E-state index contributed by atoms with van der Waals surface area (Å²) < 4.78 is 14.8. The number of nitrogens with zero attached hydrogens (tertiary/aromatic N) is 5. The largest absolute Gasteiger partial charge is 0.324 e. The van der Waals surface area contributed by atoms with E-state index in [-0.39, 0.29) is 11.7 Å². The lowest BCUT2D eigenvalue weighted by molar-refractivity contribution is -0.119. The van der Waals surface area contributed by atoms with Gasteiger partial charge in [-0.15, -0.1) is 5.10 Å². The summed E-state index contributed by atoms with van der Waals surface area (Å²) in [6.45, 7) is 3.73. The summed E-state index contributed by atoms with van der Waals surface area (Å²) in [5.74, 6) is -0.0598. The molecule has 0 radical (unpaired) electrons. The van der Waals surface area contributed by atoms with Gasteiger partial charge in [-0.2, -0.15) is 0 Å². The highest BCUT2D eigenvalue weighted by Gasteiger charge is 2.24. The van der Waals surface area contributed by atoms with Crippen molar-refractivity contribution in [2.45, 2.75) is 26.3 Å². The molecule has 1 unspecified atom stereocenters. The molecule has 0 saturated carbocycles. The van der Waals surface area contributed by atoms with E-state index in [0.29, 0.717) is 17.9 Å². The van der Waals surface area contributed by atoms with Crippen molar-refractivity contribution in [1.29, 1.82) is 0 Å². The molecule has 156 valence electrons. The van der Waals surface area contributed by atoms with Gasteiger partial charge in [0, 0.05) is 24.5 Å². The van der Waals surface area contributed by atoms with E-state index in [4.69, 9.17) is 0 Å². The van der Waals surface area contributed by atoms with E-state index in [1.54, 1.807) is 31.5 Å². The van der Waals surface area contributed by atoms with Crippen molar-refractivity contribution < 1.29 is 9.18 Å². The first-order valence-corrected chi connectivity index (χ1v) is 9.82. The number of tetrazole rings is 1. The molecule has 31 heavy (non-hydrogen) atoms. The third-order valence-electron chi connectivity index (χ3n) is 5.08. The van der Waals surface area contributed by atoms with Crippen LogP contribution in [0.1, 0.15) is 23.0 Å². The molecule has 0 spiro atoms. The van der Waals surface area contributed by atoms with Crippen LogP contribution in [0.15, 0.2) is 67.0 Å². The molecule has 0 aliphatic carbocycles. The Morgan fingerprint density at radius 1 is 1.06 bits per heavy atom. The van der Waals surface area contributed by atoms with Gasteiger partial charge in [0.05, 0.1) is 0 Å². The Balaban J connectivity index is 1.58. The monoisotopic (exact) mass is 416 g/mol. The van der Waals surface area contributed by atoms with E-state index in [9.17, 15) is 9.18 Å². The van der Waals surface area contributed by atoms with Crippen LogP contribution < -0.4 is 5.32 Å². The quantitative estimate of drug-likeness (QED) is 0.515. The molecule has 1 N–H and O–H groups in total. The van der Waals surface area contributed by atoms with E-state index >= 15 is 0 Å². The average molecular weight is 416 g/mol. The number of carbonyl (C=O) groups excluding carboxylic acids is 1. The van der Waals surface area contributed by atoms with Crippen molar-refractivity contribution in [3.8, 4) is 11.1 Å². The van der Waals surface area contributed by atoms with E-state index < -0.39 is 6.04 Å². The summed E-state index contributed by atoms with van der Waals surface area (Å²) in [5, 5.41) is 14.5. The Bertz CT molecular complexity index is 1190. The van der Waals surface area contributed by atoms with E-state index in [1.807, 2.05) is 37.3 Å². The van der Waals surface area contributed by atoms with Crippen LogP contribution in [-0.2, 0) is 11.2 Å². The Morgan fingerprint density at radius 3 is 2.45 bits per heavy atom. The van der Waals surface area contributed by atoms with E-state index in [1.165, 1.54) is 16.8 Å². The molecule has 0 saturated heterocycles. The summed E-state index contributed by atoms with van der Waals surface area (Å²) in [6.07, 6.45) is 3.82. The molecule has 0 fully saturated rings. The van der Waals surface area contributed by atoms with Crippen LogP contribution in [0.4, 0.5) is 10.1 Å². The van der Waals surface area contributed by atoms with Crippen molar-refractivity contribution in [3.63, 3.8) is 0 Å². The van der Waals surface area contributed by atoms with Crippen LogP contribution in [-0.4, -0.2) is 31.1 Å². The molecule has 0 aliphatic rings. The average Bonchev–Trinajstić information content (AvgIpc) is 3.19. The normalized spacial score (nSPS) is 11.8. The molecule has 1 atom stereocenters. The maximum Gasteiger partial charge on any atom is 0.249 e. The van der Waals surface area contributed by atoms with Crippen LogP contribution in [0.3, 0.4) is 0 Å². The van der Waals surface area contributed by atoms with Gasteiger partial charge in [-0.05, 0) is 82.9 Å².